The zero-order chi connectivity index (χ0) is 16.5. The summed E-state index contributed by atoms with van der Waals surface area (Å²) in [6.45, 7) is 3.57. The van der Waals surface area contributed by atoms with Gasteiger partial charge in [-0.25, -0.2) is 4.98 Å². The second-order valence-electron chi connectivity index (χ2n) is 6.52. The Labute approximate surface area is 141 Å². The highest BCUT2D eigenvalue weighted by molar-refractivity contribution is 5.95. The van der Waals surface area contributed by atoms with E-state index in [1.165, 1.54) is 0 Å². The average Bonchev–Trinajstić information content (AvgIpc) is 3.06. The molecule has 0 radical (unpaired) electrons. The number of H-pyrrole nitrogens is 1. The van der Waals surface area contributed by atoms with Crippen LogP contribution in [0.5, 0.6) is 0 Å². The van der Waals surface area contributed by atoms with Gasteiger partial charge in [0.1, 0.15) is 5.82 Å². The Kier molecular flexibility index (Phi) is 3.81. The maximum Gasteiger partial charge on any atom is 0.254 e. The Morgan fingerprint density at radius 3 is 2.54 bits per heavy atom. The van der Waals surface area contributed by atoms with E-state index in [0.29, 0.717) is 5.92 Å². The fourth-order valence-electron chi connectivity index (χ4n) is 3.51. The van der Waals surface area contributed by atoms with Gasteiger partial charge < -0.3 is 9.88 Å². The third-order valence-electron chi connectivity index (χ3n) is 4.95. The van der Waals surface area contributed by atoms with Gasteiger partial charge in [0.05, 0.1) is 11.0 Å². The number of rotatable bonds is 2. The summed E-state index contributed by atoms with van der Waals surface area (Å²) in [6.07, 6.45) is 1.91. The molecule has 4 rings (SSSR count). The minimum Gasteiger partial charge on any atom is -0.342 e. The van der Waals surface area contributed by atoms with Crippen molar-refractivity contribution in [2.24, 2.45) is 0 Å². The summed E-state index contributed by atoms with van der Waals surface area (Å²) in [5, 5.41) is 0. The highest BCUT2D eigenvalue weighted by atomic mass is 16.2. The number of carbonyl (C=O) groups excluding carboxylic acids is 1. The number of nitrogens with one attached hydrogen (secondary N) is 1. The van der Waals surface area contributed by atoms with Crippen molar-refractivity contribution in [2.45, 2.75) is 25.7 Å². The Bertz CT molecular complexity index is 842. The van der Waals surface area contributed by atoms with E-state index in [0.717, 1.165) is 53.9 Å². The molecule has 1 aliphatic rings. The number of imidazole rings is 1. The number of hydrogen-bond acceptors (Lipinski definition) is 2. The van der Waals surface area contributed by atoms with E-state index in [-0.39, 0.29) is 5.91 Å². The third kappa shape index (κ3) is 2.68. The van der Waals surface area contributed by atoms with Gasteiger partial charge in [-0.3, -0.25) is 4.79 Å². The molecular formula is C20H21N3O. The van der Waals surface area contributed by atoms with Crippen LogP contribution in [0.1, 0.15) is 40.5 Å². The second kappa shape index (κ2) is 6.11. The SMILES string of the molecule is Cc1ccccc1C(=O)N1CCC(c2nc3ccccc3[nH]2)CC1. The molecule has 1 aromatic heterocycles. The molecular weight excluding hydrogens is 298 g/mol. The van der Waals surface area contributed by atoms with Gasteiger partial charge >= 0.3 is 0 Å². The van der Waals surface area contributed by atoms with Crippen LogP contribution in [-0.4, -0.2) is 33.9 Å². The van der Waals surface area contributed by atoms with Crippen molar-refractivity contribution in [3.8, 4) is 0 Å². The minimum absolute atomic E-state index is 0.149. The molecule has 2 aromatic carbocycles. The van der Waals surface area contributed by atoms with Crippen LogP contribution in [-0.2, 0) is 0 Å². The summed E-state index contributed by atoms with van der Waals surface area (Å²) >= 11 is 0. The lowest BCUT2D eigenvalue weighted by molar-refractivity contribution is 0.0710. The maximum absolute atomic E-state index is 12.7. The molecule has 1 amide bonds. The average molecular weight is 319 g/mol. The van der Waals surface area contributed by atoms with Gasteiger partial charge in [-0.2, -0.15) is 0 Å². The van der Waals surface area contributed by atoms with Gasteiger partial charge in [0, 0.05) is 24.6 Å². The van der Waals surface area contributed by atoms with Gasteiger partial charge in [-0.05, 0) is 43.5 Å². The molecule has 1 aliphatic heterocycles. The third-order valence-corrected chi connectivity index (χ3v) is 4.95. The number of amides is 1. The van der Waals surface area contributed by atoms with E-state index in [2.05, 4.69) is 11.1 Å². The van der Waals surface area contributed by atoms with E-state index in [9.17, 15) is 4.79 Å². The van der Waals surface area contributed by atoms with Crippen molar-refractivity contribution in [1.82, 2.24) is 14.9 Å². The van der Waals surface area contributed by atoms with Gasteiger partial charge in [-0.1, -0.05) is 30.3 Å². The van der Waals surface area contributed by atoms with Gasteiger partial charge in [0.25, 0.3) is 5.91 Å². The van der Waals surface area contributed by atoms with Gasteiger partial charge in [0.15, 0.2) is 0 Å². The van der Waals surface area contributed by atoms with Crippen molar-refractivity contribution < 1.29 is 4.79 Å². The molecule has 0 saturated carbocycles. The van der Waals surface area contributed by atoms with E-state index in [1.54, 1.807) is 0 Å². The molecule has 4 heteroatoms. The first-order valence-corrected chi connectivity index (χ1v) is 8.52. The second-order valence-corrected chi connectivity index (χ2v) is 6.52. The number of fused-ring (bicyclic) bond motifs is 1. The van der Waals surface area contributed by atoms with Crippen LogP contribution in [0.4, 0.5) is 0 Å². The number of benzene rings is 2. The molecule has 122 valence electrons. The molecule has 3 aromatic rings. The number of aromatic nitrogens is 2. The Balaban J connectivity index is 1.47. The molecule has 1 fully saturated rings. The lowest BCUT2D eigenvalue weighted by Gasteiger charge is -2.31. The molecule has 4 nitrogen and oxygen atoms in total. The fourth-order valence-corrected chi connectivity index (χ4v) is 3.51. The minimum atomic E-state index is 0.149. The van der Waals surface area contributed by atoms with Crippen LogP contribution >= 0.6 is 0 Å². The Morgan fingerprint density at radius 1 is 1.08 bits per heavy atom. The van der Waals surface area contributed by atoms with Crippen molar-refractivity contribution in [2.75, 3.05) is 13.1 Å². The predicted molar refractivity (Wildman–Crippen MR) is 95.2 cm³/mol. The standard InChI is InChI=1S/C20H21N3O/c1-14-6-2-3-7-16(14)20(24)23-12-10-15(11-13-23)19-21-17-8-4-5-9-18(17)22-19/h2-9,15H,10-13H2,1H3,(H,21,22). The monoisotopic (exact) mass is 319 g/mol. The number of carbonyl (C=O) groups is 1. The van der Waals surface area contributed by atoms with E-state index in [4.69, 9.17) is 4.98 Å². The molecule has 1 N–H and O–H groups in total. The number of likely N-dealkylation sites (tertiary alicyclic amines) is 1. The number of aromatic amines is 1. The highest BCUT2D eigenvalue weighted by Gasteiger charge is 2.26. The fraction of sp³-hybridized carbons (Fsp3) is 0.300. The number of nitrogens with zero attached hydrogens (tertiary/aromatic N) is 2. The number of piperidine rings is 1. The molecule has 0 bridgehead atoms. The molecule has 24 heavy (non-hydrogen) atoms. The largest absolute Gasteiger partial charge is 0.342 e. The molecule has 1 saturated heterocycles. The number of para-hydroxylation sites is 2. The number of hydrogen-bond donors (Lipinski definition) is 1. The Hall–Kier alpha value is -2.62. The zero-order valence-electron chi connectivity index (χ0n) is 13.8. The van der Waals surface area contributed by atoms with E-state index < -0.39 is 0 Å². The van der Waals surface area contributed by atoms with E-state index in [1.807, 2.05) is 54.3 Å². The zero-order valence-corrected chi connectivity index (χ0v) is 13.8. The van der Waals surface area contributed by atoms with Crippen LogP contribution in [0, 0.1) is 6.92 Å². The van der Waals surface area contributed by atoms with Crippen LogP contribution in [0.2, 0.25) is 0 Å². The molecule has 2 heterocycles. The van der Waals surface area contributed by atoms with Crippen LogP contribution in [0.15, 0.2) is 48.5 Å². The topological polar surface area (TPSA) is 49.0 Å². The molecule has 0 aliphatic carbocycles. The van der Waals surface area contributed by atoms with Crippen LogP contribution in [0.3, 0.4) is 0 Å². The summed E-state index contributed by atoms with van der Waals surface area (Å²) in [5.74, 6) is 1.61. The summed E-state index contributed by atoms with van der Waals surface area (Å²) in [5.41, 5.74) is 3.97. The first kappa shape index (κ1) is 14.9. The molecule has 0 spiro atoms. The van der Waals surface area contributed by atoms with Crippen molar-refractivity contribution in [1.29, 1.82) is 0 Å². The van der Waals surface area contributed by atoms with Crippen LogP contribution in [0.25, 0.3) is 11.0 Å². The van der Waals surface area contributed by atoms with Crippen molar-refractivity contribution in [3.05, 3.63) is 65.5 Å². The van der Waals surface area contributed by atoms with Crippen LogP contribution < -0.4 is 0 Å². The van der Waals surface area contributed by atoms with E-state index >= 15 is 0 Å². The smallest absolute Gasteiger partial charge is 0.254 e. The summed E-state index contributed by atoms with van der Waals surface area (Å²) < 4.78 is 0. The lowest BCUT2D eigenvalue weighted by Crippen LogP contribution is -2.38. The molecule has 0 atom stereocenters. The van der Waals surface area contributed by atoms with Crippen molar-refractivity contribution >= 4 is 16.9 Å². The lowest BCUT2D eigenvalue weighted by atomic mass is 9.95. The summed E-state index contributed by atoms with van der Waals surface area (Å²) in [7, 11) is 0. The van der Waals surface area contributed by atoms with Crippen molar-refractivity contribution in [3.63, 3.8) is 0 Å². The maximum atomic E-state index is 12.7. The summed E-state index contributed by atoms with van der Waals surface area (Å²) in [4.78, 5) is 22.8. The first-order valence-electron chi connectivity index (χ1n) is 8.52. The van der Waals surface area contributed by atoms with Gasteiger partial charge in [-0.15, -0.1) is 0 Å². The summed E-state index contributed by atoms with van der Waals surface area (Å²) in [6, 6.07) is 15.9. The molecule has 0 unspecified atom stereocenters. The Morgan fingerprint density at radius 2 is 1.79 bits per heavy atom. The quantitative estimate of drug-likeness (QED) is 0.779. The number of aryl methyl sites for hydroxylation is 1. The normalized spacial score (nSPS) is 15.8. The predicted octanol–water partition coefficient (Wildman–Crippen LogP) is 3.89. The highest BCUT2D eigenvalue weighted by Crippen LogP contribution is 2.28. The van der Waals surface area contributed by atoms with Gasteiger partial charge in [0.2, 0.25) is 0 Å². The first-order chi connectivity index (χ1) is 11.7.